The number of pyridine rings is 1. The highest BCUT2D eigenvalue weighted by molar-refractivity contribution is 9.10. The van der Waals surface area contributed by atoms with E-state index in [1.807, 2.05) is 0 Å². The minimum atomic E-state index is -0.219. The van der Waals surface area contributed by atoms with Crippen LogP contribution in [-0.4, -0.2) is 29.1 Å². The second-order valence-corrected chi connectivity index (χ2v) is 3.19. The van der Waals surface area contributed by atoms with Crippen molar-refractivity contribution in [1.29, 1.82) is 0 Å². The van der Waals surface area contributed by atoms with Crippen LogP contribution in [0.2, 0.25) is 0 Å². The van der Waals surface area contributed by atoms with E-state index in [1.54, 1.807) is 18.5 Å². The monoisotopic (exact) mass is 244 g/mol. The Morgan fingerprint density at radius 3 is 3.08 bits per heavy atom. The zero-order valence-electron chi connectivity index (χ0n) is 6.83. The molecule has 70 valence electrons. The molecule has 4 nitrogen and oxygen atoms in total. The molecular weight excluding hydrogens is 236 g/mol. The van der Waals surface area contributed by atoms with Crippen molar-refractivity contribution in [2.24, 2.45) is 0 Å². The molecule has 0 aliphatic carbocycles. The average Bonchev–Trinajstić information content (AvgIpc) is 2.15. The molecule has 0 unspecified atom stereocenters. The summed E-state index contributed by atoms with van der Waals surface area (Å²) in [6.45, 7) is 0.196. The van der Waals surface area contributed by atoms with Crippen LogP contribution in [0.1, 0.15) is 10.4 Å². The molecule has 13 heavy (non-hydrogen) atoms. The highest BCUT2D eigenvalue weighted by Crippen LogP contribution is 2.13. The van der Waals surface area contributed by atoms with Gasteiger partial charge >= 0.3 is 0 Å². The highest BCUT2D eigenvalue weighted by Gasteiger charge is 2.07. The van der Waals surface area contributed by atoms with Crippen LogP contribution in [0.4, 0.5) is 0 Å². The Morgan fingerprint density at radius 2 is 2.46 bits per heavy atom. The molecule has 0 aromatic carbocycles. The fourth-order valence-corrected chi connectivity index (χ4v) is 1.25. The van der Waals surface area contributed by atoms with Gasteiger partial charge in [0.15, 0.2) is 0 Å². The Hall–Kier alpha value is -0.940. The van der Waals surface area contributed by atoms with Gasteiger partial charge in [-0.05, 0) is 22.0 Å². The summed E-state index contributed by atoms with van der Waals surface area (Å²) in [5.41, 5.74) is 0.517. The molecular formula is C8H9BrN2O2. The molecule has 0 aliphatic heterocycles. The van der Waals surface area contributed by atoms with E-state index in [-0.39, 0.29) is 19.1 Å². The molecule has 0 aliphatic rings. The molecule has 0 bridgehead atoms. The van der Waals surface area contributed by atoms with Gasteiger partial charge in [0.1, 0.15) is 0 Å². The number of carbonyl (C=O) groups is 1. The molecule has 1 amide bonds. The third kappa shape index (κ3) is 2.78. The normalized spacial score (nSPS) is 9.69. The van der Waals surface area contributed by atoms with Crippen molar-refractivity contribution < 1.29 is 9.90 Å². The first-order chi connectivity index (χ1) is 6.25. The number of hydrogen-bond acceptors (Lipinski definition) is 3. The van der Waals surface area contributed by atoms with Crippen molar-refractivity contribution in [2.75, 3.05) is 13.2 Å². The van der Waals surface area contributed by atoms with Gasteiger partial charge in [-0.15, -0.1) is 0 Å². The summed E-state index contributed by atoms with van der Waals surface area (Å²) in [5.74, 6) is -0.219. The van der Waals surface area contributed by atoms with Gasteiger partial charge < -0.3 is 10.4 Å². The van der Waals surface area contributed by atoms with Gasteiger partial charge in [0.2, 0.25) is 0 Å². The van der Waals surface area contributed by atoms with Crippen molar-refractivity contribution in [3.05, 3.63) is 28.5 Å². The maximum absolute atomic E-state index is 11.3. The third-order valence-corrected chi connectivity index (χ3v) is 2.05. The third-order valence-electron chi connectivity index (χ3n) is 1.41. The Bertz CT molecular complexity index is 304. The van der Waals surface area contributed by atoms with Crippen LogP contribution >= 0.6 is 15.9 Å². The molecule has 1 aromatic rings. The van der Waals surface area contributed by atoms with E-state index >= 15 is 0 Å². The second kappa shape index (κ2) is 4.94. The van der Waals surface area contributed by atoms with Crippen LogP contribution < -0.4 is 5.32 Å². The van der Waals surface area contributed by atoms with Gasteiger partial charge in [0, 0.05) is 23.4 Å². The maximum Gasteiger partial charge on any atom is 0.252 e. The molecule has 0 atom stereocenters. The van der Waals surface area contributed by atoms with Crippen molar-refractivity contribution in [3.63, 3.8) is 0 Å². The van der Waals surface area contributed by atoms with Crippen molar-refractivity contribution in [2.45, 2.75) is 0 Å². The van der Waals surface area contributed by atoms with Crippen LogP contribution in [0, 0.1) is 0 Å². The number of rotatable bonds is 3. The number of carbonyl (C=O) groups excluding carboxylic acids is 1. The summed E-state index contributed by atoms with van der Waals surface area (Å²) in [6, 6.07) is 1.61. The zero-order valence-corrected chi connectivity index (χ0v) is 8.41. The molecule has 0 saturated carbocycles. The van der Waals surface area contributed by atoms with Crippen LogP contribution in [0.5, 0.6) is 0 Å². The summed E-state index contributed by atoms with van der Waals surface area (Å²) in [7, 11) is 0. The molecule has 1 heterocycles. The first-order valence-electron chi connectivity index (χ1n) is 3.74. The molecule has 1 aromatic heterocycles. The molecule has 0 radical (unpaired) electrons. The summed E-state index contributed by atoms with van der Waals surface area (Å²) in [4.78, 5) is 15.2. The van der Waals surface area contributed by atoms with Crippen molar-refractivity contribution >= 4 is 21.8 Å². The SMILES string of the molecule is O=C(NCCO)c1ccncc1Br. The lowest BCUT2D eigenvalue weighted by Crippen LogP contribution is -2.26. The standard InChI is InChI=1S/C8H9BrN2O2/c9-7-5-10-2-1-6(7)8(13)11-3-4-12/h1-2,5,12H,3-4H2,(H,11,13). The topological polar surface area (TPSA) is 62.2 Å². The smallest absolute Gasteiger partial charge is 0.252 e. The Morgan fingerprint density at radius 1 is 1.69 bits per heavy atom. The Balaban J connectivity index is 2.71. The Kier molecular flexibility index (Phi) is 3.85. The number of aliphatic hydroxyl groups excluding tert-OH is 1. The fourth-order valence-electron chi connectivity index (χ4n) is 0.824. The fraction of sp³-hybridized carbons (Fsp3) is 0.250. The molecule has 5 heteroatoms. The first kappa shape index (κ1) is 10.1. The van der Waals surface area contributed by atoms with Crippen molar-refractivity contribution in [1.82, 2.24) is 10.3 Å². The van der Waals surface area contributed by atoms with E-state index < -0.39 is 0 Å². The summed E-state index contributed by atoms with van der Waals surface area (Å²) < 4.78 is 0.644. The zero-order chi connectivity index (χ0) is 9.68. The van der Waals surface area contributed by atoms with E-state index in [2.05, 4.69) is 26.2 Å². The molecule has 2 N–H and O–H groups in total. The minimum absolute atomic E-state index is 0.0611. The largest absolute Gasteiger partial charge is 0.395 e. The number of nitrogens with zero attached hydrogens (tertiary/aromatic N) is 1. The van der Waals surface area contributed by atoms with Crippen LogP contribution in [0.15, 0.2) is 22.9 Å². The van der Waals surface area contributed by atoms with E-state index in [4.69, 9.17) is 5.11 Å². The van der Waals surface area contributed by atoms with E-state index in [1.165, 1.54) is 0 Å². The van der Waals surface area contributed by atoms with Gasteiger partial charge in [0.25, 0.3) is 5.91 Å². The number of nitrogens with one attached hydrogen (secondary N) is 1. The van der Waals surface area contributed by atoms with Gasteiger partial charge in [-0.25, -0.2) is 0 Å². The quantitative estimate of drug-likeness (QED) is 0.818. The molecule has 0 fully saturated rings. The van der Waals surface area contributed by atoms with E-state index in [9.17, 15) is 4.79 Å². The van der Waals surface area contributed by atoms with Gasteiger partial charge in [-0.1, -0.05) is 0 Å². The predicted molar refractivity (Wildman–Crippen MR) is 51.4 cm³/mol. The number of aliphatic hydroxyl groups is 1. The van der Waals surface area contributed by atoms with Crippen LogP contribution in [0.3, 0.4) is 0 Å². The lowest BCUT2D eigenvalue weighted by atomic mass is 10.2. The predicted octanol–water partition coefficient (Wildman–Crippen LogP) is 0.566. The first-order valence-corrected chi connectivity index (χ1v) is 4.53. The minimum Gasteiger partial charge on any atom is -0.395 e. The van der Waals surface area contributed by atoms with Gasteiger partial charge in [-0.2, -0.15) is 0 Å². The molecule has 0 saturated heterocycles. The lowest BCUT2D eigenvalue weighted by Gasteiger charge is -2.03. The number of aromatic nitrogens is 1. The van der Waals surface area contributed by atoms with Crippen LogP contribution in [-0.2, 0) is 0 Å². The average molecular weight is 245 g/mol. The molecule has 0 spiro atoms. The van der Waals surface area contributed by atoms with Gasteiger partial charge in [0.05, 0.1) is 12.2 Å². The second-order valence-electron chi connectivity index (χ2n) is 2.34. The number of amides is 1. The number of halogens is 1. The summed E-state index contributed by atoms with van der Waals surface area (Å²) in [6.07, 6.45) is 3.09. The summed E-state index contributed by atoms with van der Waals surface area (Å²) >= 11 is 3.20. The van der Waals surface area contributed by atoms with E-state index in [0.717, 1.165) is 0 Å². The highest BCUT2D eigenvalue weighted by atomic mass is 79.9. The maximum atomic E-state index is 11.3. The van der Waals surface area contributed by atoms with Crippen LogP contribution in [0.25, 0.3) is 0 Å². The molecule has 1 rings (SSSR count). The van der Waals surface area contributed by atoms with Gasteiger partial charge in [-0.3, -0.25) is 9.78 Å². The Labute approximate surface area is 84.1 Å². The van der Waals surface area contributed by atoms with Crippen molar-refractivity contribution in [3.8, 4) is 0 Å². The summed E-state index contributed by atoms with van der Waals surface area (Å²) in [5, 5.41) is 11.0. The lowest BCUT2D eigenvalue weighted by molar-refractivity contribution is 0.0944. The number of hydrogen-bond donors (Lipinski definition) is 2. The van der Waals surface area contributed by atoms with E-state index in [0.29, 0.717) is 10.0 Å².